The van der Waals surface area contributed by atoms with Crippen LogP contribution in [-0.2, 0) is 9.59 Å². The Labute approximate surface area is 175 Å². The number of unbranched alkanes of at least 4 members (excludes halogenated alkanes) is 12. The first-order chi connectivity index (χ1) is 11.5. The van der Waals surface area contributed by atoms with Crippen LogP contribution in [0.1, 0.15) is 117 Å². The van der Waals surface area contributed by atoms with Gasteiger partial charge in [0.25, 0.3) is 0 Å². The van der Waals surface area contributed by atoms with Crippen molar-refractivity contribution in [2.24, 2.45) is 0 Å². The van der Waals surface area contributed by atoms with Crippen LogP contribution in [0.25, 0.3) is 0 Å². The van der Waals surface area contributed by atoms with Crippen molar-refractivity contribution in [3.63, 3.8) is 0 Å². The molecule has 0 aliphatic heterocycles. The first-order valence-electron chi connectivity index (χ1n) is 9.94. The van der Waals surface area contributed by atoms with E-state index in [9.17, 15) is 19.8 Å². The fourth-order valence-corrected chi connectivity index (χ4v) is 2.45. The molecule has 0 radical (unpaired) electrons. The van der Waals surface area contributed by atoms with Gasteiger partial charge in [0.1, 0.15) is 0 Å². The van der Waals surface area contributed by atoms with Gasteiger partial charge in [0.05, 0.1) is 0 Å². The number of carbonyl (C=O) groups excluding carboxylic acids is 2. The van der Waals surface area contributed by atoms with E-state index in [4.69, 9.17) is 0 Å². The average molecular weight is 552 g/mol. The van der Waals surface area contributed by atoms with Gasteiger partial charge in [0, 0.05) is 11.9 Å². The SMILES string of the molecule is CCCCCCCCCC(=O)[O-].CCCCCCCCCC(=O)[O-].[PbH2+2]. The maximum absolute atomic E-state index is 10.0. The van der Waals surface area contributed by atoms with E-state index >= 15 is 0 Å². The number of hydrogen-bond acceptors (Lipinski definition) is 4. The molecule has 0 atom stereocenters. The molecular weight excluding hydrogens is 511 g/mol. The van der Waals surface area contributed by atoms with Crippen LogP contribution in [0.5, 0.6) is 0 Å². The molecule has 0 bridgehead atoms. The van der Waals surface area contributed by atoms with E-state index in [1.54, 1.807) is 0 Å². The van der Waals surface area contributed by atoms with Gasteiger partial charge < -0.3 is 19.8 Å². The van der Waals surface area contributed by atoms with Crippen LogP contribution < -0.4 is 10.2 Å². The Hall–Kier alpha value is -0.138. The summed E-state index contributed by atoms with van der Waals surface area (Å²) in [7, 11) is 0. The van der Waals surface area contributed by atoms with E-state index in [0.29, 0.717) is 0 Å². The molecule has 0 aromatic heterocycles. The molecule has 0 unspecified atom stereocenters. The molecular formula is C20H40O4Pb. The average Bonchev–Trinajstić information content (AvgIpc) is 2.53. The summed E-state index contributed by atoms with van der Waals surface area (Å²) in [6.45, 7) is 4.38. The number of carboxylic acids is 2. The molecule has 5 heteroatoms. The topological polar surface area (TPSA) is 80.3 Å². The second-order valence-electron chi connectivity index (χ2n) is 6.49. The van der Waals surface area contributed by atoms with Crippen molar-refractivity contribution in [1.82, 2.24) is 0 Å². The third-order valence-electron chi connectivity index (χ3n) is 3.97. The minimum atomic E-state index is -0.913. The van der Waals surface area contributed by atoms with Crippen LogP contribution >= 0.6 is 0 Å². The van der Waals surface area contributed by atoms with Crippen LogP contribution in [0.15, 0.2) is 0 Å². The standard InChI is InChI=1S/2C10H20O2.Pb.2H/c2*1-2-3-4-5-6-7-8-9-10(11)12;;;/h2*2-9H2,1H3,(H,11,12);;;/q;;+2;;/p-2. The first kappa shape index (κ1) is 29.6. The quantitative estimate of drug-likeness (QED) is 0.218. The molecule has 0 spiro atoms. The van der Waals surface area contributed by atoms with Crippen LogP contribution in [0.3, 0.4) is 0 Å². The van der Waals surface area contributed by atoms with Gasteiger partial charge in [0.15, 0.2) is 0 Å². The predicted octanol–water partition coefficient (Wildman–Crippen LogP) is 2.84. The van der Waals surface area contributed by atoms with Gasteiger partial charge in [0.2, 0.25) is 0 Å². The van der Waals surface area contributed by atoms with E-state index in [0.717, 1.165) is 25.7 Å². The Bertz CT molecular complexity index is 255. The van der Waals surface area contributed by atoms with Gasteiger partial charge in [-0.1, -0.05) is 90.9 Å². The third kappa shape index (κ3) is 35.7. The number of rotatable bonds is 16. The van der Waals surface area contributed by atoms with Gasteiger partial charge in [-0.2, -0.15) is 0 Å². The minimum absolute atomic E-state index is 0. The molecule has 0 aromatic carbocycles. The summed E-state index contributed by atoms with van der Waals surface area (Å²) in [6.07, 6.45) is 16.7. The van der Waals surface area contributed by atoms with Crippen molar-refractivity contribution < 1.29 is 19.8 Å². The van der Waals surface area contributed by atoms with Crippen LogP contribution in [0, 0.1) is 0 Å². The number of hydrogen-bond donors (Lipinski definition) is 0. The Balaban J connectivity index is -0.000000372. The number of carboxylic acid groups (broad SMARTS) is 2. The molecule has 0 saturated carbocycles. The molecule has 0 heterocycles. The zero-order chi connectivity index (χ0) is 18.5. The summed E-state index contributed by atoms with van der Waals surface area (Å²) in [6, 6.07) is 0. The van der Waals surface area contributed by atoms with Gasteiger partial charge >= 0.3 is 27.3 Å². The number of carbonyl (C=O) groups is 2. The van der Waals surface area contributed by atoms with Crippen molar-refractivity contribution in [3.05, 3.63) is 0 Å². The fraction of sp³-hybridized carbons (Fsp3) is 0.900. The van der Waals surface area contributed by atoms with Crippen molar-refractivity contribution in [2.75, 3.05) is 0 Å². The molecule has 0 aliphatic rings. The zero-order valence-electron chi connectivity index (χ0n) is 16.7. The van der Waals surface area contributed by atoms with E-state index < -0.39 is 11.9 Å². The molecule has 148 valence electrons. The molecule has 0 rings (SSSR count). The molecule has 0 N–H and O–H groups in total. The molecule has 0 saturated heterocycles. The Morgan fingerprint density at radius 1 is 0.520 bits per heavy atom. The second kappa shape index (κ2) is 26.1. The van der Waals surface area contributed by atoms with E-state index in [2.05, 4.69) is 13.8 Å². The summed E-state index contributed by atoms with van der Waals surface area (Å²) in [5.41, 5.74) is 0. The second-order valence-corrected chi connectivity index (χ2v) is 6.49. The predicted molar refractivity (Wildman–Crippen MR) is 104 cm³/mol. The molecule has 25 heavy (non-hydrogen) atoms. The van der Waals surface area contributed by atoms with Gasteiger partial charge in [-0.15, -0.1) is 0 Å². The van der Waals surface area contributed by atoms with Gasteiger partial charge in [-0.3, -0.25) is 0 Å². The first-order valence-corrected chi connectivity index (χ1v) is 9.94. The normalized spacial score (nSPS) is 9.68. The summed E-state index contributed by atoms with van der Waals surface area (Å²) in [5, 5.41) is 20.0. The van der Waals surface area contributed by atoms with Crippen molar-refractivity contribution >= 4 is 39.2 Å². The van der Waals surface area contributed by atoms with Gasteiger partial charge in [-0.25, -0.2) is 0 Å². The van der Waals surface area contributed by atoms with Crippen LogP contribution in [-0.4, -0.2) is 39.2 Å². The molecule has 4 nitrogen and oxygen atoms in total. The summed E-state index contributed by atoms with van der Waals surface area (Å²) in [5.74, 6) is -1.83. The van der Waals surface area contributed by atoms with Crippen molar-refractivity contribution in [2.45, 2.75) is 117 Å². The third-order valence-corrected chi connectivity index (χ3v) is 3.97. The molecule has 0 aromatic rings. The van der Waals surface area contributed by atoms with E-state index in [-0.39, 0.29) is 40.1 Å². The van der Waals surface area contributed by atoms with Crippen molar-refractivity contribution in [1.29, 1.82) is 0 Å². The van der Waals surface area contributed by atoms with Crippen LogP contribution in [0.2, 0.25) is 0 Å². The Morgan fingerprint density at radius 2 is 0.760 bits per heavy atom. The van der Waals surface area contributed by atoms with Crippen molar-refractivity contribution in [3.8, 4) is 0 Å². The molecule has 0 fully saturated rings. The summed E-state index contributed by atoms with van der Waals surface area (Å²) in [4.78, 5) is 20.0. The van der Waals surface area contributed by atoms with Gasteiger partial charge in [-0.05, 0) is 25.7 Å². The zero-order valence-corrected chi connectivity index (χ0v) is 22.2. The number of aliphatic carboxylic acids is 2. The summed E-state index contributed by atoms with van der Waals surface area (Å²) >= 11 is 0. The van der Waals surface area contributed by atoms with E-state index in [1.807, 2.05) is 0 Å². The summed E-state index contributed by atoms with van der Waals surface area (Å²) < 4.78 is 0. The maximum atomic E-state index is 10.0. The molecule has 0 amide bonds. The van der Waals surface area contributed by atoms with E-state index in [1.165, 1.54) is 64.2 Å². The molecule has 0 aliphatic carbocycles. The van der Waals surface area contributed by atoms with Crippen LogP contribution in [0.4, 0.5) is 0 Å². The fourth-order valence-electron chi connectivity index (χ4n) is 2.45. The Kier molecular flexibility index (Phi) is 30.9. The Morgan fingerprint density at radius 3 is 1.00 bits per heavy atom. The monoisotopic (exact) mass is 552 g/mol.